The molecule has 2 aliphatic rings. The maximum Gasteiger partial charge on any atom is 0.321 e. The molecule has 0 spiro atoms. The Kier molecular flexibility index (Phi) is 5.14. The van der Waals surface area contributed by atoms with Crippen molar-refractivity contribution in [2.24, 2.45) is 0 Å². The monoisotopic (exact) mass is 367 g/mol. The highest BCUT2D eigenvalue weighted by Gasteiger charge is 2.26. The van der Waals surface area contributed by atoms with Gasteiger partial charge in [-0.3, -0.25) is 0 Å². The molecule has 4 rings (SSSR count). The topological polar surface area (TPSA) is 63.1 Å². The Bertz CT molecular complexity index is 801. The van der Waals surface area contributed by atoms with Gasteiger partial charge in [0.25, 0.3) is 0 Å². The van der Waals surface area contributed by atoms with Crippen molar-refractivity contribution in [1.82, 2.24) is 19.9 Å². The Morgan fingerprint density at radius 3 is 2.52 bits per heavy atom. The fourth-order valence-electron chi connectivity index (χ4n) is 4.23. The zero-order chi connectivity index (χ0) is 18.8. The van der Waals surface area contributed by atoms with Gasteiger partial charge in [-0.15, -0.1) is 5.10 Å². The Hall–Kier alpha value is -2.37. The molecule has 2 heterocycles. The first-order valence-electron chi connectivity index (χ1n) is 10.1. The number of rotatable bonds is 3. The van der Waals surface area contributed by atoms with Crippen LogP contribution in [0.5, 0.6) is 0 Å². The van der Waals surface area contributed by atoms with Crippen molar-refractivity contribution >= 4 is 11.7 Å². The van der Waals surface area contributed by atoms with E-state index in [1.54, 1.807) is 0 Å². The maximum absolute atomic E-state index is 12.6. The van der Waals surface area contributed by atoms with Crippen molar-refractivity contribution in [3.05, 3.63) is 41.2 Å². The molecule has 2 amide bonds. The molecule has 1 N–H and O–H groups in total. The third kappa shape index (κ3) is 3.99. The number of benzene rings is 1. The summed E-state index contributed by atoms with van der Waals surface area (Å²) in [6.45, 7) is 5.64. The normalized spacial score (nSPS) is 18.8. The number of carbonyl (C=O) groups is 1. The van der Waals surface area contributed by atoms with Crippen LogP contribution in [-0.4, -0.2) is 39.0 Å². The average Bonchev–Trinajstić information content (AvgIpc) is 3.36. The van der Waals surface area contributed by atoms with Crippen LogP contribution in [0.2, 0.25) is 0 Å². The molecule has 1 aromatic carbocycles. The molecular weight excluding hydrogens is 338 g/mol. The van der Waals surface area contributed by atoms with E-state index in [1.165, 1.54) is 36.8 Å². The van der Waals surface area contributed by atoms with Crippen LogP contribution in [0.25, 0.3) is 0 Å². The number of aryl methyl sites for hydroxylation is 2. The molecule has 0 atom stereocenters. The molecule has 1 aliphatic carbocycles. The van der Waals surface area contributed by atoms with E-state index in [0.717, 1.165) is 37.3 Å². The minimum absolute atomic E-state index is 0.0121. The van der Waals surface area contributed by atoms with Gasteiger partial charge < -0.3 is 10.2 Å². The summed E-state index contributed by atoms with van der Waals surface area (Å²) in [6.07, 6.45) is 9.11. The van der Waals surface area contributed by atoms with Crippen molar-refractivity contribution in [1.29, 1.82) is 0 Å². The van der Waals surface area contributed by atoms with E-state index in [4.69, 9.17) is 0 Å². The van der Waals surface area contributed by atoms with Crippen molar-refractivity contribution < 1.29 is 4.79 Å². The van der Waals surface area contributed by atoms with E-state index in [-0.39, 0.29) is 6.03 Å². The number of carbonyl (C=O) groups excluding carboxylic acids is 1. The second-order valence-electron chi connectivity index (χ2n) is 8.05. The minimum Gasteiger partial charge on any atom is -0.324 e. The Morgan fingerprint density at radius 1 is 1.07 bits per heavy atom. The molecule has 1 aliphatic heterocycles. The lowest BCUT2D eigenvalue weighted by Crippen LogP contribution is -2.41. The Morgan fingerprint density at radius 2 is 1.81 bits per heavy atom. The number of aromatic nitrogens is 3. The number of nitrogens with zero attached hydrogens (tertiary/aromatic N) is 4. The van der Waals surface area contributed by atoms with E-state index in [1.807, 2.05) is 27.8 Å². The maximum atomic E-state index is 12.6. The van der Waals surface area contributed by atoms with Gasteiger partial charge in [-0.2, -0.15) is 0 Å². The van der Waals surface area contributed by atoms with Gasteiger partial charge in [-0.1, -0.05) is 24.1 Å². The zero-order valence-electron chi connectivity index (χ0n) is 16.3. The summed E-state index contributed by atoms with van der Waals surface area (Å²) in [7, 11) is 0. The standard InChI is InChI=1S/C21H29N5O/c1-15-7-8-18(13-16(15)2)22-21(27)25-11-9-19(10-12-25)26-14-20(23-24-26)17-5-3-4-6-17/h7-8,13-14,17,19H,3-6,9-12H2,1-2H3,(H,22,27). The van der Waals surface area contributed by atoms with Crippen LogP contribution in [0.3, 0.4) is 0 Å². The van der Waals surface area contributed by atoms with Crippen LogP contribution in [0.15, 0.2) is 24.4 Å². The van der Waals surface area contributed by atoms with E-state index in [9.17, 15) is 4.79 Å². The summed E-state index contributed by atoms with van der Waals surface area (Å²) < 4.78 is 2.03. The number of hydrogen-bond donors (Lipinski definition) is 1. The number of nitrogens with one attached hydrogen (secondary N) is 1. The molecule has 6 nitrogen and oxygen atoms in total. The first-order valence-corrected chi connectivity index (χ1v) is 10.1. The van der Waals surface area contributed by atoms with Gasteiger partial charge in [0.15, 0.2) is 0 Å². The highest BCUT2D eigenvalue weighted by atomic mass is 16.2. The molecule has 0 unspecified atom stereocenters. The van der Waals surface area contributed by atoms with E-state index in [2.05, 4.69) is 35.7 Å². The number of piperidine rings is 1. The summed E-state index contributed by atoms with van der Waals surface area (Å²) >= 11 is 0. The molecule has 1 saturated heterocycles. The summed E-state index contributed by atoms with van der Waals surface area (Å²) in [5.41, 5.74) is 4.44. The summed E-state index contributed by atoms with van der Waals surface area (Å²) in [4.78, 5) is 14.5. The van der Waals surface area contributed by atoms with Gasteiger partial charge in [0, 0.05) is 30.9 Å². The molecule has 27 heavy (non-hydrogen) atoms. The van der Waals surface area contributed by atoms with Gasteiger partial charge in [0.1, 0.15) is 0 Å². The number of anilines is 1. The van der Waals surface area contributed by atoms with Gasteiger partial charge in [0.2, 0.25) is 0 Å². The highest BCUT2D eigenvalue weighted by molar-refractivity contribution is 5.89. The number of amides is 2. The molecule has 1 aromatic heterocycles. The fraction of sp³-hybridized carbons (Fsp3) is 0.571. The third-order valence-electron chi connectivity index (χ3n) is 6.19. The van der Waals surface area contributed by atoms with E-state index < -0.39 is 0 Å². The van der Waals surface area contributed by atoms with Crippen LogP contribution in [0.1, 0.15) is 67.3 Å². The second-order valence-corrected chi connectivity index (χ2v) is 8.05. The van der Waals surface area contributed by atoms with E-state index in [0.29, 0.717) is 12.0 Å². The van der Waals surface area contributed by atoms with Gasteiger partial charge in [0.05, 0.1) is 11.7 Å². The molecule has 2 aromatic rings. The predicted octanol–water partition coefficient (Wildman–Crippen LogP) is 4.42. The fourth-order valence-corrected chi connectivity index (χ4v) is 4.23. The quantitative estimate of drug-likeness (QED) is 0.873. The molecule has 0 bridgehead atoms. The van der Waals surface area contributed by atoms with Gasteiger partial charge >= 0.3 is 6.03 Å². The lowest BCUT2D eigenvalue weighted by atomic mass is 10.0. The van der Waals surface area contributed by atoms with Crippen molar-refractivity contribution in [3.8, 4) is 0 Å². The lowest BCUT2D eigenvalue weighted by Gasteiger charge is -2.31. The van der Waals surface area contributed by atoms with E-state index >= 15 is 0 Å². The van der Waals surface area contributed by atoms with Crippen LogP contribution in [0, 0.1) is 13.8 Å². The summed E-state index contributed by atoms with van der Waals surface area (Å²) in [6, 6.07) is 6.37. The number of hydrogen-bond acceptors (Lipinski definition) is 3. The predicted molar refractivity (Wildman–Crippen MR) is 106 cm³/mol. The summed E-state index contributed by atoms with van der Waals surface area (Å²) in [5.74, 6) is 0.600. The van der Waals surface area contributed by atoms with Crippen molar-refractivity contribution in [2.75, 3.05) is 18.4 Å². The molecule has 144 valence electrons. The van der Waals surface area contributed by atoms with Gasteiger partial charge in [-0.25, -0.2) is 9.48 Å². The van der Waals surface area contributed by atoms with Crippen LogP contribution in [0.4, 0.5) is 10.5 Å². The molecule has 1 saturated carbocycles. The lowest BCUT2D eigenvalue weighted by molar-refractivity contribution is 0.179. The Balaban J connectivity index is 1.31. The Labute approximate surface area is 160 Å². The second kappa shape index (κ2) is 7.71. The first-order chi connectivity index (χ1) is 13.1. The van der Waals surface area contributed by atoms with Crippen molar-refractivity contribution in [2.45, 2.75) is 64.3 Å². The molecule has 2 fully saturated rings. The van der Waals surface area contributed by atoms with Crippen LogP contribution < -0.4 is 5.32 Å². The first kappa shape index (κ1) is 18.0. The summed E-state index contributed by atoms with van der Waals surface area (Å²) in [5, 5.41) is 11.8. The molecule has 6 heteroatoms. The smallest absolute Gasteiger partial charge is 0.321 e. The number of likely N-dealkylation sites (tertiary alicyclic amines) is 1. The van der Waals surface area contributed by atoms with Crippen LogP contribution in [-0.2, 0) is 0 Å². The zero-order valence-corrected chi connectivity index (χ0v) is 16.3. The van der Waals surface area contributed by atoms with Crippen LogP contribution >= 0.6 is 0 Å². The number of urea groups is 1. The third-order valence-corrected chi connectivity index (χ3v) is 6.19. The minimum atomic E-state index is -0.0121. The largest absolute Gasteiger partial charge is 0.324 e. The van der Waals surface area contributed by atoms with Gasteiger partial charge in [-0.05, 0) is 62.8 Å². The average molecular weight is 367 g/mol. The molecular formula is C21H29N5O. The molecule has 0 radical (unpaired) electrons. The SMILES string of the molecule is Cc1ccc(NC(=O)N2CCC(n3cc(C4CCCC4)nn3)CC2)cc1C. The van der Waals surface area contributed by atoms with Crippen molar-refractivity contribution in [3.63, 3.8) is 0 Å². The highest BCUT2D eigenvalue weighted by Crippen LogP contribution is 2.33.